The Balaban J connectivity index is 1.81. The molecule has 1 heterocycles. The number of ether oxygens (including phenoxy) is 2. The first-order chi connectivity index (χ1) is 9.78. The van der Waals surface area contributed by atoms with Crippen molar-refractivity contribution in [2.24, 2.45) is 0 Å². The van der Waals surface area contributed by atoms with Gasteiger partial charge in [-0.3, -0.25) is 0 Å². The molecule has 0 fully saturated rings. The first kappa shape index (κ1) is 13.2. The number of para-hydroxylation sites is 1. The van der Waals surface area contributed by atoms with Crippen LogP contribution in [0.4, 0.5) is 5.69 Å². The first-order valence-corrected chi connectivity index (χ1v) is 7.79. The molecule has 1 N–H and O–H groups in total. The third kappa shape index (κ3) is 2.56. The van der Waals surface area contributed by atoms with Crippen molar-refractivity contribution >= 4 is 17.4 Å². The van der Waals surface area contributed by atoms with Gasteiger partial charge in [0.15, 0.2) is 11.5 Å². The summed E-state index contributed by atoms with van der Waals surface area (Å²) >= 11 is 1.75. The van der Waals surface area contributed by atoms with E-state index in [1.54, 1.807) is 11.8 Å². The van der Waals surface area contributed by atoms with Gasteiger partial charge in [0.25, 0.3) is 0 Å². The monoisotopic (exact) mass is 287 g/mol. The predicted octanol–water partition coefficient (Wildman–Crippen LogP) is 4.31. The van der Waals surface area contributed by atoms with Crippen LogP contribution in [-0.4, -0.2) is 13.0 Å². The lowest BCUT2D eigenvalue weighted by Crippen LogP contribution is -2.07. The van der Waals surface area contributed by atoms with Gasteiger partial charge in [-0.15, -0.1) is 11.8 Å². The Morgan fingerprint density at radius 2 is 1.90 bits per heavy atom. The largest absolute Gasteiger partial charge is 0.454 e. The maximum Gasteiger partial charge on any atom is 0.231 e. The van der Waals surface area contributed by atoms with Crippen LogP contribution in [0.2, 0.25) is 0 Å². The van der Waals surface area contributed by atoms with Gasteiger partial charge in [-0.25, -0.2) is 0 Å². The Labute approximate surface area is 123 Å². The van der Waals surface area contributed by atoms with Gasteiger partial charge < -0.3 is 14.8 Å². The van der Waals surface area contributed by atoms with Crippen LogP contribution in [0.3, 0.4) is 0 Å². The number of hydrogen-bond acceptors (Lipinski definition) is 4. The van der Waals surface area contributed by atoms with Crippen molar-refractivity contribution in [3.8, 4) is 11.5 Å². The molecule has 1 aliphatic heterocycles. The molecular formula is C16H17NO2S. The van der Waals surface area contributed by atoms with E-state index in [4.69, 9.17) is 9.47 Å². The third-order valence-corrected chi connectivity index (χ3v) is 4.17. The molecule has 3 nitrogen and oxygen atoms in total. The molecular weight excluding hydrogens is 270 g/mol. The molecule has 0 saturated carbocycles. The van der Waals surface area contributed by atoms with Gasteiger partial charge >= 0.3 is 0 Å². The van der Waals surface area contributed by atoms with Crippen LogP contribution < -0.4 is 14.8 Å². The molecule has 0 bridgehead atoms. The van der Waals surface area contributed by atoms with Crippen LogP contribution in [0.15, 0.2) is 47.4 Å². The van der Waals surface area contributed by atoms with Gasteiger partial charge in [-0.05, 0) is 43.0 Å². The van der Waals surface area contributed by atoms with Gasteiger partial charge in [-0.1, -0.05) is 18.2 Å². The molecule has 1 unspecified atom stereocenters. The second-order valence-electron chi connectivity index (χ2n) is 4.68. The first-order valence-electron chi connectivity index (χ1n) is 6.57. The molecule has 1 atom stereocenters. The Kier molecular flexibility index (Phi) is 3.74. The zero-order chi connectivity index (χ0) is 13.9. The third-order valence-electron chi connectivity index (χ3n) is 3.38. The van der Waals surface area contributed by atoms with Gasteiger partial charge in [0, 0.05) is 16.6 Å². The molecule has 1 aliphatic rings. The smallest absolute Gasteiger partial charge is 0.231 e. The van der Waals surface area contributed by atoms with Crippen molar-refractivity contribution in [3.05, 3.63) is 48.0 Å². The lowest BCUT2D eigenvalue weighted by atomic mass is 10.1. The van der Waals surface area contributed by atoms with Crippen LogP contribution in [0.1, 0.15) is 18.5 Å². The minimum Gasteiger partial charge on any atom is -0.454 e. The highest BCUT2D eigenvalue weighted by molar-refractivity contribution is 7.98. The van der Waals surface area contributed by atoms with Gasteiger partial charge in [0.1, 0.15) is 0 Å². The topological polar surface area (TPSA) is 30.5 Å². The molecule has 3 rings (SSSR count). The number of fused-ring (bicyclic) bond motifs is 1. The number of benzene rings is 2. The summed E-state index contributed by atoms with van der Waals surface area (Å²) < 4.78 is 10.8. The van der Waals surface area contributed by atoms with Crippen LogP contribution >= 0.6 is 11.8 Å². The van der Waals surface area contributed by atoms with Crippen molar-refractivity contribution in [3.63, 3.8) is 0 Å². The standard InChI is InChI=1S/C16H17NO2S/c1-11(17-13-5-3-4-6-16(13)20-2)12-7-8-14-15(9-12)19-10-18-14/h3-9,11,17H,10H2,1-2H3. The van der Waals surface area contributed by atoms with E-state index in [0.717, 1.165) is 17.2 Å². The second-order valence-corrected chi connectivity index (χ2v) is 5.53. The normalized spacial score (nSPS) is 14.1. The van der Waals surface area contributed by atoms with Crippen LogP contribution in [0, 0.1) is 0 Å². The average molecular weight is 287 g/mol. The summed E-state index contributed by atoms with van der Waals surface area (Å²) in [4.78, 5) is 1.25. The minimum atomic E-state index is 0.206. The van der Waals surface area contributed by atoms with Crippen LogP contribution in [0.5, 0.6) is 11.5 Å². The number of thioether (sulfide) groups is 1. The molecule has 0 radical (unpaired) electrons. The Bertz CT molecular complexity index is 615. The second kappa shape index (κ2) is 5.67. The van der Waals surface area contributed by atoms with Crippen molar-refractivity contribution < 1.29 is 9.47 Å². The Morgan fingerprint density at radius 3 is 2.75 bits per heavy atom. The molecule has 0 aliphatic carbocycles. The van der Waals surface area contributed by atoms with Gasteiger partial charge in [0.05, 0.1) is 0 Å². The maximum absolute atomic E-state index is 5.43. The lowest BCUT2D eigenvalue weighted by molar-refractivity contribution is 0.174. The van der Waals surface area contributed by atoms with Crippen molar-refractivity contribution in [1.29, 1.82) is 0 Å². The number of rotatable bonds is 4. The lowest BCUT2D eigenvalue weighted by Gasteiger charge is -2.18. The summed E-state index contributed by atoms with van der Waals surface area (Å²) in [7, 11) is 0. The summed E-state index contributed by atoms with van der Waals surface area (Å²) in [6, 6.07) is 14.6. The van der Waals surface area contributed by atoms with Crippen molar-refractivity contribution in [2.45, 2.75) is 17.9 Å². The molecule has 0 amide bonds. The molecule has 20 heavy (non-hydrogen) atoms. The maximum atomic E-state index is 5.43. The molecule has 4 heteroatoms. The van der Waals surface area contributed by atoms with E-state index in [1.807, 2.05) is 12.1 Å². The fourth-order valence-electron chi connectivity index (χ4n) is 2.26. The van der Waals surface area contributed by atoms with E-state index in [1.165, 1.54) is 10.5 Å². The Morgan fingerprint density at radius 1 is 1.10 bits per heavy atom. The summed E-state index contributed by atoms with van der Waals surface area (Å²) in [5.74, 6) is 1.65. The highest BCUT2D eigenvalue weighted by Crippen LogP contribution is 2.35. The highest BCUT2D eigenvalue weighted by Gasteiger charge is 2.16. The highest BCUT2D eigenvalue weighted by atomic mass is 32.2. The van der Waals surface area contributed by atoms with E-state index in [9.17, 15) is 0 Å². The zero-order valence-corrected chi connectivity index (χ0v) is 12.4. The molecule has 104 valence electrons. The fraction of sp³-hybridized carbons (Fsp3) is 0.250. The fourth-order valence-corrected chi connectivity index (χ4v) is 2.82. The van der Waals surface area contributed by atoms with E-state index in [2.05, 4.69) is 48.8 Å². The molecule has 0 spiro atoms. The zero-order valence-electron chi connectivity index (χ0n) is 11.6. The van der Waals surface area contributed by atoms with Crippen LogP contribution in [0.25, 0.3) is 0 Å². The van der Waals surface area contributed by atoms with Crippen molar-refractivity contribution in [2.75, 3.05) is 18.4 Å². The molecule has 2 aromatic carbocycles. The number of anilines is 1. The molecule has 0 aromatic heterocycles. The van der Waals surface area contributed by atoms with Gasteiger partial charge in [-0.2, -0.15) is 0 Å². The quantitative estimate of drug-likeness (QED) is 0.849. The van der Waals surface area contributed by atoms with Crippen LogP contribution in [-0.2, 0) is 0 Å². The minimum absolute atomic E-state index is 0.206. The van der Waals surface area contributed by atoms with Crippen molar-refractivity contribution in [1.82, 2.24) is 0 Å². The molecule has 2 aromatic rings. The average Bonchev–Trinajstić information content (AvgIpc) is 2.95. The number of nitrogens with one attached hydrogen (secondary N) is 1. The number of hydrogen-bond donors (Lipinski definition) is 1. The van der Waals surface area contributed by atoms with E-state index in [-0.39, 0.29) is 6.04 Å². The van der Waals surface area contributed by atoms with E-state index in [0.29, 0.717) is 6.79 Å². The van der Waals surface area contributed by atoms with Gasteiger partial charge in [0.2, 0.25) is 6.79 Å². The Hall–Kier alpha value is -1.81. The SMILES string of the molecule is CSc1ccccc1NC(C)c1ccc2c(c1)OCO2. The predicted molar refractivity (Wildman–Crippen MR) is 82.8 cm³/mol. The molecule has 0 saturated heterocycles. The summed E-state index contributed by atoms with van der Waals surface area (Å²) in [6.45, 7) is 2.46. The summed E-state index contributed by atoms with van der Waals surface area (Å²) in [6.07, 6.45) is 2.09. The summed E-state index contributed by atoms with van der Waals surface area (Å²) in [5, 5.41) is 3.55. The summed E-state index contributed by atoms with van der Waals surface area (Å²) in [5.41, 5.74) is 2.34. The van der Waals surface area contributed by atoms with E-state index >= 15 is 0 Å². The van der Waals surface area contributed by atoms with E-state index < -0.39 is 0 Å².